The first-order chi connectivity index (χ1) is 18.5. The van der Waals surface area contributed by atoms with Crippen molar-refractivity contribution in [3.63, 3.8) is 0 Å². The van der Waals surface area contributed by atoms with Gasteiger partial charge in [-0.3, -0.25) is 0 Å². The van der Waals surface area contributed by atoms with E-state index in [2.05, 4.69) is 60.1 Å². The van der Waals surface area contributed by atoms with Crippen LogP contribution < -0.4 is 15.5 Å². The van der Waals surface area contributed by atoms with Crippen LogP contribution in [0.5, 0.6) is 0 Å². The van der Waals surface area contributed by atoms with Crippen LogP contribution >= 0.6 is 15.9 Å². The fourth-order valence-electron chi connectivity index (χ4n) is 4.90. The van der Waals surface area contributed by atoms with Gasteiger partial charge < -0.3 is 14.5 Å². The highest BCUT2D eigenvalue weighted by atomic mass is 79.9. The van der Waals surface area contributed by atoms with E-state index in [9.17, 15) is 4.79 Å². The molecule has 5 rings (SSSR count). The third kappa shape index (κ3) is 5.84. The zero-order valence-corrected chi connectivity index (χ0v) is 23.4. The summed E-state index contributed by atoms with van der Waals surface area (Å²) >= 11 is 3.50. The molecule has 2 aromatic carbocycles. The average molecular weight is 578 g/mol. The third-order valence-electron chi connectivity index (χ3n) is 7.14. The molecule has 0 radical (unpaired) electrons. The van der Waals surface area contributed by atoms with E-state index in [1.165, 1.54) is 14.9 Å². The van der Waals surface area contributed by atoms with E-state index in [1.807, 2.05) is 62.5 Å². The summed E-state index contributed by atoms with van der Waals surface area (Å²) in [7, 11) is 0. The first-order valence-corrected chi connectivity index (χ1v) is 13.9. The van der Waals surface area contributed by atoms with Crippen molar-refractivity contribution in [2.75, 3.05) is 36.0 Å². The maximum atomic E-state index is 13.3. The summed E-state index contributed by atoms with van der Waals surface area (Å²) in [5.74, 6) is 0.561. The molecule has 38 heavy (non-hydrogen) atoms. The van der Waals surface area contributed by atoms with Gasteiger partial charge >= 0.3 is 5.69 Å². The average Bonchev–Trinajstić information content (AvgIpc) is 3.34. The van der Waals surface area contributed by atoms with Gasteiger partial charge in [0.1, 0.15) is 12.1 Å². The number of aromatic nitrogens is 4. The van der Waals surface area contributed by atoms with Gasteiger partial charge in [-0.05, 0) is 55.3 Å². The third-order valence-corrected chi connectivity index (χ3v) is 7.67. The molecular formula is C29H33BrN6O2. The molecule has 2 aromatic heterocycles. The monoisotopic (exact) mass is 576 g/mol. The molecule has 0 bridgehead atoms. The van der Waals surface area contributed by atoms with E-state index in [0.717, 1.165) is 48.3 Å². The fourth-order valence-corrected chi connectivity index (χ4v) is 5.16. The zero-order valence-electron chi connectivity index (χ0n) is 21.8. The number of halogens is 1. The second-order valence-electron chi connectivity index (χ2n) is 9.53. The van der Waals surface area contributed by atoms with Crippen molar-refractivity contribution >= 4 is 27.3 Å². The Morgan fingerprint density at radius 1 is 0.921 bits per heavy atom. The highest BCUT2D eigenvalue weighted by Crippen LogP contribution is 2.23. The molecule has 0 saturated carbocycles. The Morgan fingerprint density at radius 2 is 1.58 bits per heavy atom. The summed E-state index contributed by atoms with van der Waals surface area (Å²) in [4.78, 5) is 22.6. The van der Waals surface area contributed by atoms with Crippen molar-refractivity contribution in [1.82, 2.24) is 19.3 Å². The van der Waals surface area contributed by atoms with E-state index in [0.29, 0.717) is 12.4 Å². The number of anilines is 2. The van der Waals surface area contributed by atoms with Crippen LogP contribution in [0.1, 0.15) is 31.9 Å². The van der Waals surface area contributed by atoms with Gasteiger partial charge in [-0.15, -0.1) is 0 Å². The second-order valence-corrected chi connectivity index (χ2v) is 10.4. The highest BCUT2D eigenvalue weighted by molar-refractivity contribution is 9.10. The van der Waals surface area contributed by atoms with Crippen LogP contribution in [0.15, 0.2) is 88.5 Å². The molecule has 3 heterocycles. The lowest BCUT2D eigenvalue weighted by atomic mass is 10.1. The normalized spacial score (nSPS) is 15.4. The molecule has 2 atom stereocenters. The Morgan fingerprint density at radius 3 is 2.21 bits per heavy atom. The Balaban J connectivity index is 1.22. The van der Waals surface area contributed by atoms with Gasteiger partial charge in [-0.2, -0.15) is 5.10 Å². The summed E-state index contributed by atoms with van der Waals surface area (Å²) in [5.41, 5.74) is 3.18. The molecule has 2 unspecified atom stereocenters. The Hall–Kier alpha value is -3.43. The molecule has 1 aliphatic rings. The molecule has 1 saturated heterocycles. The molecule has 0 spiro atoms. The van der Waals surface area contributed by atoms with Crippen LogP contribution in [-0.2, 0) is 11.3 Å². The number of nitrogens with zero attached hydrogens (tertiary/aromatic N) is 6. The lowest BCUT2D eigenvalue weighted by molar-refractivity contribution is 0.0117. The predicted octanol–water partition coefficient (Wildman–Crippen LogP) is 5.07. The Labute approximate surface area is 231 Å². The molecule has 1 fully saturated rings. The van der Waals surface area contributed by atoms with Gasteiger partial charge in [-0.25, -0.2) is 19.0 Å². The van der Waals surface area contributed by atoms with Gasteiger partial charge in [0.2, 0.25) is 0 Å². The van der Waals surface area contributed by atoms with Gasteiger partial charge in [0, 0.05) is 36.3 Å². The maximum absolute atomic E-state index is 13.3. The van der Waals surface area contributed by atoms with Crippen LogP contribution in [0.4, 0.5) is 11.4 Å². The summed E-state index contributed by atoms with van der Waals surface area (Å²) < 4.78 is 10.2. The van der Waals surface area contributed by atoms with Crippen molar-refractivity contribution in [1.29, 1.82) is 0 Å². The molecule has 9 heteroatoms. The van der Waals surface area contributed by atoms with E-state index >= 15 is 0 Å². The predicted molar refractivity (Wildman–Crippen MR) is 154 cm³/mol. The van der Waals surface area contributed by atoms with E-state index in [-0.39, 0.29) is 17.8 Å². The standard InChI is InChI=1S/C29H33BrN6O2/c1-3-27(22(2)38-20-23-7-5-4-6-8-23)36-29(37)35(21-32-36)28-14-13-26(19-31-28)34-17-15-33(16-18-34)25-11-9-24(30)10-12-25/h4-14,19,21-22,27H,3,15-18,20H2,1-2H3. The SMILES string of the molecule is CCC(C(C)OCc1ccccc1)n1ncn(-c2ccc(N3CCN(c4ccc(Br)cc4)CC3)cn2)c1=O. The zero-order chi connectivity index (χ0) is 26.5. The number of benzene rings is 2. The van der Waals surface area contributed by atoms with Crippen molar-refractivity contribution < 1.29 is 4.74 Å². The van der Waals surface area contributed by atoms with E-state index in [1.54, 1.807) is 6.33 Å². The summed E-state index contributed by atoms with van der Waals surface area (Å²) in [6.07, 6.45) is 3.95. The van der Waals surface area contributed by atoms with Gasteiger partial charge in [0.15, 0.2) is 0 Å². The minimum atomic E-state index is -0.213. The van der Waals surface area contributed by atoms with Crippen molar-refractivity contribution in [2.45, 2.75) is 39.0 Å². The van der Waals surface area contributed by atoms with Crippen LogP contribution in [0.2, 0.25) is 0 Å². The van der Waals surface area contributed by atoms with Crippen LogP contribution in [0, 0.1) is 0 Å². The number of ether oxygens (including phenoxy) is 1. The van der Waals surface area contributed by atoms with Gasteiger partial charge in [0.05, 0.1) is 30.6 Å². The number of piperazine rings is 1. The molecule has 8 nitrogen and oxygen atoms in total. The summed E-state index contributed by atoms with van der Waals surface area (Å²) in [5, 5.41) is 4.42. The minimum absolute atomic E-state index is 0.172. The van der Waals surface area contributed by atoms with Crippen molar-refractivity contribution in [2.24, 2.45) is 0 Å². The quantitative estimate of drug-likeness (QED) is 0.277. The Kier molecular flexibility index (Phi) is 8.24. The number of hydrogen-bond acceptors (Lipinski definition) is 6. The molecule has 1 aliphatic heterocycles. The van der Waals surface area contributed by atoms with Crippen LogP contribution in [0.3, 0.4) is 0 Å². The maximum Gasteiger partial charge on any atom is 0.351 e. The van der Waals surface area contributed by atoms with E-state index in [4.69, 9.17) is 4.74 Å². The first kappa shape index (κ1) is 26.2. The number of rotatable bonds is 9. The molecular weight excluding hydrogens is 544 g/mol. The number of pyridine rings is 1. The minimum Gasteiger partial charge on any atom is -0.372 e. The van der Waals surface area contributed by atoms with Crippen LogP contribution in [0.25, 0.3) is 5.82 Å². The topological polar surface area (TPSA) is 68.4 Å². The lowest BCUT2D eigenvalue weighted by Crippen LogP contribution is -2.46. The van der Waals surface area contributed by atoms with Gasteiger partial charge in [0.25, 0.3) is 0 Å². The molecule has 198 valence electrons. The molecule has 0 amide bonds. The fraction of sp³-hybridized carbons (Fsp3) is 0.345. The Bertz CT molecular complexity index is 1360. The largest absolute Gasteiger partial charge is 0.372 e. The van der Waals surface area contributed by atoms with Crippen molar-refractivity contribution in [3.05, 3.63) is 99.8 Å². The molecule has 4 aromatic rings. The van der Waals surface area contributed by atoms with Crippen LogP contribution in [-0.4, -0.2) is 51.6 Å². The smallest absolute Gasteiger partial charge is 0.351 e. The summed E-state index contributed by atoms with van der Waals surface area (Å²) in [6.45, 7) is 8.24. The summed E-state index contributed by atoms with van der Waals surface area (Å²) in [6, 6.07) is 22.2. The molecule has 0 N–H and O–H groups in total. The second kappa shape index (κ2) is 12.0. The highest BCUT2D eigenvalue weighted by Gasteiger charge is 2.23. The van der Waals surface area contributed by atoms with Crippen molar-refractivity contribution in [3.8, 4) is 5.82 Å². The number of hydrogen-bond donors (Lipinski definition) is 0. The van der Waals surface area contributed by atoms with E-state index < -0.39 is 0 Å². The van der Waals surface area contributed by atoms with Gasteiger partial charge in [-0.1, -0.05) is 53.2 Å². The molecule has 0 aliphatic carbocycles. The lowest BCUT2D eigenvalue weighted by Gasteiger charge is -2.37. The first-order valence-electron chi connectivity index (χ1n) is 13.1.